The van der Waals surface area contributed by atoms with Crippen molar-refractivity contribution in [2.24, 2.45) is 5.92 Å². The van der Waals surface area contributed by atoms with Crippen molar-refractivity contribution in [1.82, 2.24) is 14.9 Å². The predicted molar refractivity (Wildman–Crippen MR) is 116 cm³/mol. The zero-order valence-corrected chi connectivity index (χ0v) is 18.2. The molecule has 1 fully saturated rings. The number of nitrogens with zero attached hydrogens (tertiary/aromatic N) is 1. The van der Waals surface area contributed by atoms with Crippen LogP contribution in [0.1, 0.15) is 33.6 Å². The Morgan fingerprint density at radius 1 is 1.10 bits per heavy atom. The zero-order chi connectivity index (χ0) is 21.0. The van der Waals surface area contributed by atoms with Gasteiger partial charge in [0.05, 0.1) is 4.90 Å². The lowest BCUT2D eigenvalue weighted by Gasteiger charge is -2.32. The average molecular weight is 418 g/mol. The summed E-state index contributed by atoms with van der Waals surface area (Å²) in [6, 6.07) is 11.9. The third-order valence-electron chi connectivity index (χ3n) is 5.64. The molecule has 1 atom stereocenters. The Morgan fingerprint density at radius 3 is 2.38 bits per heavy atom. The number of carbonyl (C=O) groups excluding carboxylic acids is 1. The molecule has 1 saturated heterocycles. The van der Waals surface area contributed by atoms with Gasteiger partial charge in [0.2, 0.25) is 15.9 Å². The number of carbonyl (C=O) groups is 1. The summed E-state index contributed by atoms with van der Waals surface area (Å²) in [5.41, 5.74) is 0. The maximum absolute atomic E-state index is 13.0. The van der Waals surface area contributed by atoms with E-state index in [2.05, 4.69) is 21.9 Å². The van der Waals surface area contributed by atoms with E-state index in [-0.39, 0.29) is 22.8 Å². The third-order valence-corrected chi connectivity index (χ3v) is 7.08. The molecule has 1 aliphatic heterocycles. The van der Waals surface area contributed by atoms with Gasteiger partial charge in [-0.05, 0) is 48.2 Å². The van der Waals surface area contributed by atoms with Crippen molar-refractivity contribution in [1.29, 1.82) is 0 Å². The van der Waals surface area contributed by atoms with E-state index in [4.69, 9.17) is 0 Å². The molecule has 0 spiro atoms. The molecular formula is C22H31N3O3S. The highest BCUT2D eigenvalue weighted by molar-refractivity contribution is 7.89. The summed E-state index contributed by atoms with van der Waals surface area (Å²) in [4.78, 5) is 15.4. The van der Waals surface area contributed by atoms with E-state index in [1.807, 2.05) is 38.1 Å². The Bertz CT molecular complexity index is 951. The number of hydrogen-bond donors (Lipinski definition) is 2. The van der Waals surface area contributed by atoms with Crippen molar-refractivity contribution >= 4 is 26.7 Å². The molecule has 0 aliphatic carbocycles. The van der Waals surface area contributed by atoms with Crippen LogP contribution in [-0.2, 0) is 14.8 Å². The zero-order valence-electron chi connectivity index (χ0n) is 17.4. The van der Waals surface area contributed by atoms with Crippen LogP contribution < -0.4 is 10.0 Å². The van der Waals surface area contributed by atoms with Crippen LogP contribution in [0.2, 0.25) is 0 Å². The predicted octanol–water partition coefficient (Wildman–Crippen LogP) is 2.74. The topological polar surface area (TPSA) is 78.5 Å². The van der Waals surface area contributed by atoms with Crippen LogP contribution in [0.5, 0.6) is 0 Å². The highest BCUT2D eigenvalue weighted by Crippen LogP contribution is 2.20. The number of amides is 1. The van der Waals surface area contributed by atoms with E-state index in [0.717, 1.165) is 43.2 Å². The summed E-state index contributed by atoms with van der Waals surface area (Å²) in [5.74, 6) is -0.416. The van der Waals surface area contributed by atoms with Crippen LogP contribution >= 0.6 is 0 Å². The van der Waals surface area contributed by atoms with Gasteiger partial charge in [-0.2, -0.15) is 4.72 Å². The molecule has 1 aliphatic rings. The van der Waals surface area contributed by atoms with Gasteiger partial charge in [-0.25, -0.2) is 8.42 Å². The van der Waals surface area contributed by atoms with Crippen LogP contribution in [0.3, 0.4) is 0 Å². The molecule has 3 rings (SSSR count). The number of piperidine rings is 1. The number of rotatable bonds is 7. The van der Waals surface area contributed by atoms with Crippen LogP contribution in [0.4, 0.5) is 0 Å². The van der Waals surface area contributed by atoms with Gasteiger partial charge < -0.3 is 10.2 Å². The van der Waals surface area contributed by atoms with Crippen LogP contribution in [0.15, 0.2) is 47.4 Å². The number of hydrogen-bond acceptors (Lipinski definition) is 4. The summed E-state index contributed by atoms with van der Waals surface area (Å²) < 4.78 is 28.6. The van der Waals surface area contributed by atoms with Gasteiger partial charge in [0.15, 0.2) is 0 Å². The second kappa shape index (κ2) is 9.24. The van der Waals surface area contributed by atoms with Crippen molar-refractivity contribution in [2.75, 3.05) is 19.6 Å². The van der Waals surface area contributed by atoms with Crippen molar-refractivity contribution < 1.29 is 13.2 Å². The SMILES string of the molecule is CCN1CCC(NC(=O)C(NS(=O)(=O)c2ccc3ccccc3c2)C(C)C)CC1. The number of likely N-dealkylation sites (tertiary alicyclic amines) is 1. The van der Waals surface area contributed by atoms with Crippen LogP contribution in [0, 0.1) is 5.92 Å². The van der Waals surface area contributed by atoms with Crippen molar-refractivity contribution in [3.63, 3.8) is 0 Å². The minimum absolute atomic E-state index is 0.0942. The molecule has 2 aromatic carbocycles. The van der Waals surface area contributed by atoms with Crippen LogP contribution in [-0.4, -0.2) is 50.9 Å². The van der Waals surface area contributed by atoms with Gasteiger partial charge in [0.1, 0.15) is 6.04 Å². The molecule has 2 N–H and O–H groups in total. The highest BCUT2D eigenvalue weighted by Gasteiger charge is 2.30. The average Bonchev–Trinajstić information content (AvgIpc) is 2.72. The molecule has 1 heterocycles. The first-order valence-corrected chi connectivity index (χ1v) is 11.8. The first-order valence-electron chi connectivity index (χ1n) is 10.3. The van der Waals surface area contributed by atoms with E-state index in [1.165, 1.54) is 0 Å². The Kier molecular flexibility index (Phi) is 6.93. The van der Waals surface area contributed by atoms with Gasteiger partial charge >= 0.3 is 0 Å². The fourth-order valence-corrected chi connectivity index (χ4v) is 5.13. The van der Waals surface area contributed by atoms with E-state index >= 15 is 0 Å². The van der Waals surface area contributed by atoms with Gasteiger partial charge in [-0.3, -0.25) is 4.79 Å². The molecule has 1 unspecified atom stereocenters. The molecule has 0 bridgehead atoms. The molecule has 158 valence electrons. The molecule has 7 heteroatoms. The van der Waals surface area contributed by atoms with E-state index in [0.29, 0.717) is 0 Å². The van der Waals surface area contributed by atoms with Crippen molar-refractivity contribution in [2.45, 2.75) is 50.6 Å². The Balaban J connectivity index is 1.72. The second-order valence-corrected chi connectivity index (χ2v) is 9.78. The minimum Gasteiger partial charge on any atom is -0.352 e. The molecule has 6 nitrogen and oxygen atoms in total. The van der Waals surface area contributed by atoms with Crippen molar-refractivity contribution in [3.05, 3.63) is 42.5 Å². The number of benzene rings is 2. The molecular weight excluding hydrogens is 386 g/mol. The monoisotopic (exact) mass is 417 g/mol. The van der Waals surface area contributed by atoms with E-state index < -0.39 is 16.1 Å². The van der Waals surface area contributed by atoms with Crippen molar-refractivity contribution in [3.8, 4) is 0 Å². The summed E-state index contributed by atoms with van der Waals surface area (Å²) in [7, 11) is -3.81. The smallest absolute Gasteiger partial charge is 0.241 e. The summed E-state index contributed by atoms with van der Waals surface area (Å²) in [6.07, 6.45) is 1.78. The highest BCUT2D eigenvalue weighted by atomic mass is 32.2. The largest absolute Gasteiger partial charge is 0.352 e. The normalized spacial score (nSPS) is 17.5. The van der Waals surface area contributed by atoms with Gasteiger partial charge in [-0.1, -0.05) is 51.1 Å². The lowest BCUT2D eigenvalue weighted by atomic mass is 10.0. The molecule has 0 radical (unpaired) electrons. The number of nitrogens with one attached hydrogen (secondary N) is 2. The summed E-state index contributed by atoms with van der Waals surface area (Å²) in [5, 5.41) is 4.88. The summed E-state index contributed by atoms with van der Waals surface area (Å²) in [6.45, 7) is 8.77. The Hall–Kier alpha value is -1.96. The first kappa shape index (κ1) is 21.7. The molecule has 0 saturated carbocycles. The second-order valence-electron chi connectivity index (χ2n) is 8.07. The number of fused-ring (bicyclic) bond motifs is 1. The Morgan fingerprint density at radius 2 is 1.76 bits per heavy atom. The molecule has 2 aromatic rings. The standard InChI is InChI=1S/C22H31N3O3S/c1-4-25-13-11-19(12-14-25)23-22(26)21(16(2)3)24-29(27,28)20-10-9-17-7-5-6-8-18(17)15-20/h5-10,15-16,19,21,24H,4,11-14H2,1-3H3,(H,23,26). The van der Waals surface area contributed by atoms with Crippen LogP contribution in [0.25, 0.3) is 10.8 Å². The number of sulfonamides is 1. The molecule has 0 aromatic heterocycles. The Labute approximate surface area is 173 Å². The van der Waals surface area contributed by atoms with E-state index in [1.54, 1.807) is 18.2 Å². The molecule has 1 amide bonds. The van der Waals surface area contributed by atoms with E-state index in [9.17, 15) is 13.2 Å². The lowest BCUT2D eigenvalue weighted by molar-refractivity contribution is -0.124. The quantitative estimate of drug-likeness (QED) is 0.726. The maximum atomic E-state index is 13.0. The summed E-state index contributed by atoms with van der Waals surface area (Å²) >= 11 is 0. The molecule has 29 heavy (non-hydrogen) atoms. The minimum atomic E-state index is -3.81. The fourth-order valence-electron chi connectivity index (χ4n) is 3.75. The van der Waals surface area contributed by atoms with Gasteiger partial charge in [0.25, 0.3) is 0 Å². The fraction of sp³-hybridized carbons (Fsp3) is 0.500. The van der Waals surface area contributed by atoms with Gasteiger partial charge in [-0.15, -0.1) is 0 Å². The first-order chi connectivity index (χ1) is 13.8. The third kappa shape index (κ3) is 5.35. The maximum Gasteiger partial charge on any atom is 0.241 e. The van der Waals surface area contributed by atoms with Gasteiger partial charge in [0, 0.05) is 19.1 Å². The lowest BCUT2D eigenvalue weighted by Crippen LogP contribution is -2.53.